The molecule has 0 fully saturated rings. The van der Waals surface area contributed by atoms with Crippen LogP contribution in [0.15, 0.2) is 109 Å². The predicted octanol–water partition coefficient (Wildman–Crippen LogP) is 6.05. The molecule has 176 valence electrons. The second-order valence-corrected chi connectivity index (χ2v) is 8.19. The van der Waals surface area contributed by atoms with E-state index in [9.17, 15) is 9.59 Å². The Hall–Kier alpha value is -4.38. The molecule has 0 saturated carbocycles. The van der Waals surface area contributed by atoms with Crippen LogP contribution in [0.5, 0.6) is 5.75 Å². The zero-order valence-electron chi connectivity index (χ0n) is 19.6. The van der Waals surface area contributed by atoms with Crippen molar-refractivity contribution in [3.63, 3.8) is 0 Å². The van der Waals surface area contributed by atoms with Gasteiger partial charge in [-0.05, 0) is 42.3 Å². The second kappa shape index (κ2) is 11.7. The molecule has 5 heteroatoms. The van der Waals surface area contributed by atoms with Crippen molar-refractivity contribution in [1.82, 2.24) is 5.32 Å². The number of carbonyl (C=O) groups excluding carboxylic acids is 2. The molecule has 0 saturated heterocycles. The zero-order chi connectivity index (χ0) is 24.5. The molecule has 4 aromatic rings. The highest BCUT2D eigenvalue weighted by Gasteiger charge is 2.18. The Kier molecular flexibility index (Phi) is 7.92. The largest absolute Gasteiger partial charge is 0.492 e. The molecule has 1 atom stereocenters. The number of para-hydroxylation sites is 2. The van der Waals surface area contributed by atoms with Gasteiger partial charge in [0.2, 0.25) is 0 Å². The van der Waals surface area contributed by atoms with Gasteiger partial charge >= 0.3 is 0 Å². The van der Waals surface area contributed by atoms with E-state index in [0.29, 0.717) is 29.2 Å². The van der Waals surface area contributed by atoms with Crippen LogP contribution in [0, 0.1) is 0 Å². The zero-order valence-corrected chi connectivity index (χ0v) is 19.6. The standard InChI is InChI=1S/C30H28N2O3/c1-22(24-14-6-3-7-15-24)31-29(33)25-16-8-10-18-27(25)32-30(34)26-17-9-11-19-28(26)35-21-20-23-12-4-2-5-13-23/h2-19,22H,20-21H2,1H3,(H,31,33)(H,32,34). The highest BCUT2D eigenvalue weighted by molar-refractivity contribution is 6.10. The molecule has 0 spiro atoms. The van der Waals surface area contributed by atoms with Crippen LogP contribution in [-0.2, 0) is 6.42 Å². The first kappa shape index (κ1) is 23.8. The normalized spacial score (nSPS) is 11.3. The lowest BCUT2D eigenvalue weighted by Crippen LogP contribution is -2.28. The first-order valence-corrected chi connectivity index (χ1v) is 11.6. The molecule has 0 aliphatic carbocycles. The van der Waals surface area contributed by atoms with E-state index in [1.165, 1.54) is 5.56 Å². The number of rotatable bonds is 9. The summed E-state index contributed by atoms with van der Waals surface area (Å²) in [7, 11) is 0. The quantitative estimate of drug-likeness (QED) is 0.317. The first-order valence-electron chi connectivity index (χ1n) is 11.6. The third-order valence-corrected chi connectivity index (χ3v) is 5.69. The minimum Gasteiger partial charge on any atom is -0.492 e. The van der Waals surface area contributed by atoms with Gasteiger partial charge in [-0.25, -0.2) is 0 Å². The average Bonchev–Trinajstić information content (AvgIpc) is 2.90. The third-order valence-electron chi connectivity index (χ3n) is 5.69. The fourth-order valence-electron chi connectivity index (χ4n) is 3.78. The second-order valence-electron chi connectivity index (χ2n) is 8.19. The minimum atomic E-state index is -0.336. The van der Waals surface area contributed by atoms with Crippen LogP contribution >= 0.6 is 0 Å². The number of hydrogen-bond donors (Lipinski definition) is 2. The van der Waals surface area contributed by atoms with Crippen LogP contribution in [0.4, 0.5) is 5.69 Å². The molecule has 2 N–H and O–H groups in total. The number of amides is 2. The molecule has 0 heterocycles. The minimum absolute atomic E-state index is 0.175. The highest BCUT2D eigenvalue weighted by atomic mass is 16.5. The summed E-state index contributed by atoms with van der Waals surface area (Å²) in [6.07, 6.45) is 0.736. The summed E-state index contributed by atoms with van der Waals surface area (Å²) in [6, 6.07) is 33.7. The van der Waals surface area contributed by atoms with Gasteiger partial charge in [-0.15, -0.1) is 0 Å². The van der Waals surface area contributed by atoms with Crippen LogP contribution in [0.2, 0.25) is 0 Å². The Morgan fingerprint density at radius 1 is 0.714 bits per heavy atom. The number of ether oxygens (including phenoxy) is 1. The topological polar surface area (TPSA) is 67.4 Å². The molecular weight excluding hydrogens is 436 g/mol. The Bertz CT molecular complexity index is 1270. The number of carbonyl (C=O) groups is 2. The van der Waals surface area contributed by atoms with Crippen LogP contribution in [0.25, 0.3) is 0 Å². The molecule has 0 radical (unpaired) electrons. The fraction of sp³-hybridized carbons (Fsp3) is 0.133. The van der Waals surface area contributed by atoms with Gasteiger partial charge < -0.3 is 15.4 Å². The number of anilines is 1. The van der Waals surface area contributed by atoms with E-state index in [1.54, 1.807) is 42.5 Å². The summed E-state index contributed by atoms with van der Waals surface area (Å²) in [5.41, 5.74) is 3.41. The molecule has 1 unspecified atom stereocenters. The molecule has 5 nitrogen and oxygen atoms in total. The van der Waals surface area contributed by atoms with Gasteiger partial charge in [-0.2, -0.15) is 0 Å². The van der Waals surface area contributed by atoms with E-state index in [0.717, 1.165) is 12.0 Å². The maximum Gasteiger partial charge on any atom is 0.259 e. The van der Waals surface area contributed by atoms with Crippen LogP contribution in [-0.4, -0.2) is 18.4 Å². The van der Waals surface area contributed by atoms with Crippen LogP contribution in [0.1, 0.15) is 44.8 Å². The summed E-state index contributed by atoms with van der Waals surface area (Å²) in [4.78, 5) is 26.2. The van der Waals surface area contributed by atoms with Crippen molar-refractivity contribution in [2.24, 2.45) is 0 Å². The first-order chi connectivity index (χ1) is 17.1. The van der Waals surface area contributed by atoms with E-state index < -0.39 is 0 Å². The molecular formula is C30H28N2O3. The van der Waals surface area contributed by atoms with Crippen LogP contribution in [0.3, 0.4) is 0 Å². The van der Waals surface area contributed by atoms with Crippen molar-refractivity contribution in [1.29, 1.82) is 0 Å². The van der Waals surface area contributed by atoms with Gasteiger partial charge in [0.1, 0.15) is 5.75 Å². The van der Waals surface area contributed by atoms with Crippen molar-refractivity contribution in [3.05, 3.63) is 131 Å². The van der Waals surface area contributed by atoms with Crippen molar-refractivity contribution in [2.45, 2.75) is 19.4 Å². The average molecular weight is 465 g/mol. The maximum absolute atomic E-state index is 13.2. The Labute approximate surface area is 205 Å². The van der Waals surface area contributed by atoms with E-state index in [2.05, 4.69) is 10.6 Å². The SMILES string of the molecule is CC(NC(=O)c1ccccc1NC(=O)c1ccccc1OCCc1ccccc1)c1ccccc1. The van der Waals surface area contributed by atoms with Gasteiger partial charge in [-0.3, -0.25) is 9.59 Å². The van der Waals surface area contributed by atoms with Gasteiger partial charge in [0.15, 0.2) is 0 Å². The summed E-state index contributed by atoms with van der Waals surface area (Å²) < 4.78 is 5.94. The predicted molar refractivity (Wildman–Crippen MR) is 139 cm³/mol. The van der Waals surface area contributed by atoms with Crippen LogP contribution < -0.4 is 15.4 Å². The van der Waals surface area contributed by atoms with Crippen molar-refractivity contribution in [3.8, 4) is 5.75 Å². The molecule has 0 aromatic heterocycles. The van der Waals surface area contributed by atoms with Crippen molar-refractivity contribution >= 4 is 17.5 Å². The number of hydrogen-bond acceptors (Lipinski definition) is 3. The third kappa shape index (κ3) is 6.36. The van der Waals surface area contributed by atoms with Gasteiger partial charge in [-0.1, -0.05) is 84.9 Å². The van der Waals surface area contributed by atoms with E-state index in [1.807, 2.05) is 73.7 Å². The lowest BCUT2D eigenvalue weighted by atomic mass is 10.1. The lowest BCUT2D eigenvalue weighted by Gasteiger charge is -2.17. The van der Waals surface area contributed by atoms with Crippen molar-refractivity contribution < 1.29 is 14.3 Å². The van der Waals surface area contributed by atoms with Gasteiger partial charge in [0.25, 0.3) is 11.8 Å². The van der Waals surface area contributed by atoms with E-state index >= 15 is 0 Å². The molecule has 0 bridgehead atoms. The fourth-order valence-corrected chi connectivity index (χ4v) is 3.78. The Balaban J connectivity index is 1.44. The van der Waals surface area contributed by atoms with E-state index in [-0.39, 0.29) is 17.9 Å². The van der Waals surface area contributed by atoms with Crippen molar-refractivity contribution in [2.75, 3.05) is 11.9 Å². The number of benzene rings is 4. The molecule has 4 aromatic carbocycles. The van der Waals surface area contributed by atoms with Gasteiger partial charge in [0, 0.05) is 6.42 Å². The molecule has 4 rings (SSSR count). The molecule has 0 aliphatic rings. The molecule has 35 heavy (non-hydrogen) atoms. The lowest BCUT2D eigenvalue weighted by molar-refractivity contribution is 0.0940. The Morgan fingerprint density at radius 3 is 2.06 bits per heavy atom. The van der Waals surface area contributed by atoms with E-state index in [4.69, 9.17) is 4.74 Å². The Morgan fingerprint density at radius 2 is 1.31 bits per heavy atom. The maximum atomic E-state index is 13.2. The molecule has 2 amide bonds. The summed E-state index contributed by atoms with van der Waals surface area (Å²) in [5.74, 6) is -0.0955. The van der Waals surface area contributed by atoms with Gasteiger partial charge in [0.05, 0.1) is 29.5 Å². The summed E-state index contributed by atoms with van der Waals surface area (Å²) in [5, 5.41) is 5.90. The highest BCUT2D eigenvalue weighted by Crippen LogP contribution is 2.23. The monoisotopic (exact) mass is 464 g/mol. The smallest absolute Gasteiger partial charge is 0.259 e. The summed E-state index contributed by atoms with van der Waals surface area (Å²) in [6.45, 7) is 2.38. The summed E-state index contributed by atoms with van der Waals surface area (Å²) >= 11 is 0. The molecule has 0 aliphatic heterocycles. The number of nitrogens with one attached hydrogen (secondary N) is 2.